The van der Waals surface area contributed by atoms with E-state index in [0.29, 0.717) is 24.9 Å². The number of nitrogens with zero attached hydrogens (tertiary/aromatic N) is 2. The summed E-state index contributed by atoms with van der Waals surface area (Å²) in [5.41, 5.74) is 6.75. The predicted octanol–water partition coefficient (Wildman–Crippen LogP) is 2.69. The summed E-state index contributed by atoms with van der Waals surface area (Å²) in [5.74, 6) is 1.98. The maximum absolute atomic E-state index is 11.0. The molecule has 1 aromatic carbocycles. The van der Waals surface area contributed by atoms with Gasteiger partial charge in [0.25, 0.3) is 0 Å². The third-order valence-corrected chi connectivity index (χ3v) is 3.90. The van der Waals surface area contributed by atoms with Crippen LogP contribution in [0.4, 0.5) is 5.69 Å². The molecule has 6 nitrogen and oxygen atoms in total. The summed E-state index contributed by atoms with van der Waals surface area (Å²) in [6, 6.07) is 7.31. The Morgan fingerprint density at radius 1 is 1.42 bits per heavy atom. The molecule has 3 N–H and O–H groups in total. The van der Waals surface area contributed by atoms with Gasteiger partial charge >= 0.3 is 0 Å². The lowest BCUT2D eigenvalue weighted by Gasteiger charge is -2.31. The number of carbonyl (C=O) groups is 1. The number of aliphatic imine (C=N–C) groups is 1. The number of nitrogens with two attached hydrogens (primary N) is 1. The van der Waals surface area contributed by atoms with E-state index in [9.17, 15) is 4.79 Å². The Bertz CT molecular complexity index is 557. The van der Waals surface area contributed by atoms with Gasteiger partial charge in [-0.25, -0.2) is 4.99 Å². The minimum atomic E-state index is -0.102. The van der Waals surface area contributed by atoms with Gasteiger partial charge in [0, 0.05) is 31.8 Å². The van der Waals surface area contributed by atoms with Crippen molar-refractivity contribution in [3.8, 4) is 5.75 Å². The van der Waals surface area contributed by atoms with E-state index >= 15 is 0 Å². The SMILES string of the molecule is CC(=O)Nc1cccc(OCCN=C(N)N2CCC(C)CC2)c1.I. The molecule has 1 aromatic rings. The first-order valence-electron chi connectivity index (χ1n) is 8.10. The van der Waals surface area contributed by atoms with Crippen LogP contribution in [0.1, 0.15) is 26.7 Å². The Hall–Kier alpha value is -1.51. The third kappa shape index (κ3) is 6.94. The third-order valence-electron chi connectivity index (χ3n) is 3.90. The lowest BCUT2D eigenvalue weighted by Crippen LogP contribution is -2.42. The van der Waals surface area contributed by atoms with Gasteiger partial charge in [-0.3, -0.25) is 4.79 Å². The summed E-state index contributed by atoms with van der Waals surface area (Å²) in [4.78, 5) is 17.6. The number of ether oxygens (including phenoxy) is 1. The smallest absolute Gasteiger partial charge is 0.221 e. The van der Waals surface area contributed by atoms with Crippen LogP contribution in [0.25, 0.3) is 0 Å². The molecule has 1 fully saturated rings. The highest BCUT2D eigenvalue weighted by Gasteiger charge is 2.16. The zero-order valence-electron chi connectivity index (χ0n) is 14.3. The van der Waals surface area contributed by atoms with Gasteiger partial charge in [0.2, 0.25) is 5.91 Å². The Kier molecular flexibility index (Phi) is 8.88. The molecule has 24 heavy (non-hydrogen) atoms. The van der Waals surface area contributed by atoms with E-state index in [1.165, 1.54) is 19.8 Å². The molecule has 7 heteroatoms. The fraction of sp³-hybridized carbons (Fsp3) is 0.529. The molecule has 0 saturated carbocycles. The largest absolute Gasteiger partial charge is 0.492 e. The number of rotatable bonds is 5. The standard InChI is InChI=1S/C17H26N4O2.HI/c1-13-6-9-21(10-7-13)17(18)19-8-11-23-16-5-3-4-15(12-16)20-14(2)22;/h3-5,12-13H,6-11H2,1-2H3,(H2,18,19)(H,20,22);1H. The van der Waals surface area contributed by atoms with Gasteiger partial charge < -0.3 is 20.7 Å². The van der Waals surface area contributed by atoms with Gasteiger partial charge in [-0.15, -0.1) is 24.0 Å². The van der Waals surface area contributed by atoms with Crippen LogP contribution >= 0.6 is 24.0 Å². The first kappa shape index (κ1) is 20.5. The molecule has 134 valence electrons. The number of likely N-dealkylation sites (tertiary alicyclic amines) is 1. The van der Waals surface area contributed by atoms with E-state index in [0.717, 1.165) is 24.7 Å². The molecule has 0 spiro atoms. The second-order valence-electron chi connectivity index (χ2n) is 5.97. The first-order chi connectivity index (χ1) is 11.0. The van der Waals surface area contributed by atoms with Gasteiger partial charge in [-0.2, -0.15) is 0 Å². The Labute approximate surface area is 160 Å². The number of piperidine rings is 1. The highest BCUT2D eigenvalue weighted by Crippen LogP contribution is 2.17. The molecule has 0 aromatic heterocycles. The van der Waals surface area contributed by atoms with Gasteiger partial charge in [0.05, 0.1) is 6.54 Å². The first-order valence-corrected chi connectivity index (χ1v) is 8.10. The molecule has 1 amide bonds. The molecule has 0 radical (unpaired) electrons. The van der Waals surface area contributed by atoms with Crippen molar-refractivity contribution in [2.45, 2.75) is 26.7 Å². The van der Waals surface area contributed by atoms with Crippen LogP contribution in [0.15, 0.2) is 29.3 Å². The maximum Gasteiger partial charge on any atom is 0.221 e. The second kappa shape index (κ2) is 10.4. The van der Waals surface area contributed by atoms with Gasteiger partial charge in [-0.05, 0) is 30.9 Å². The average Bonchev–Trinajstić information content (AvgIpc) is 2.52. The molecule has 2 rings (SSSR count). The van der Waals surface area contributed by atoms with E-state index in [4.69, 9.17) is 10.5 Å². The number of guanidine groups is 1. The van der Waals surface area contributed by atoms with Crippen molar-refractivity contribution >= 4 is 41.5 Å². The van der Waals surface area contributed by atoms with Crippen LogP contribution in [-0.4, -0.2) is 43.0 Å². The van der Waals surface area contributed by atoms with Crippen molar-refractivity contribution in [3.05, 3.63) is 24.3 Å². The molecule has 0 bridgehead atoms. The van der Waals surface area contributed by atoms with Crippen molar-refractivity contribution in [1.29, 1.82) is 0 Å². The fourth-order valence-corrected chi connectivity index (χ4v) is 2.53. The molecule has 0 atom stereocenters. The van der Waals surface area contributed by atoms with Crippen molar-refractivity contribution in [3.63, 3.8) is 0 Å². The molecule has 1 heterocycles. The zero-order chi connectivity index (χ0) is 16.7. The van der Waals surface area contributed by atoms with E-state index in [1.54, 1.807) is 6.07 Å². The molecular weight excluding hydrogens is 419 g/mol. The number of hydrogen-bond acceptors (Lipinski definition) is 3. The van der Waals surface area contributed by atoms with Crippen LogP contribution in [0.2, 0.25) is 0 Å². The van der Waals surface area contributed by atoms with Crippen LogP contribution in [-0.2, 0) is 4.79 Å². The van der Waals surface area contributed by atoms with Crippen LogP contribution in [0.5, 0.6) is 5.75 Å². The van der Waals surface area contributed by atoms with Crippen molar-refractivity contribution in [2.24, 2.45) is 16.6 Å². The van der Waals surface area contributed by atoms with Crippen LogP contribution in [0.3, 0.4) is 0 Å². The molecule has 0 unspecified atom stereocenters. The van der Waals surface area contributed by atoms with Crippen molar-refractivity contribution in [1.82, 2.24) is 4.90 Å². The van der Waals surface area contributed by atoms with E-state index in [-0.39, 0.29) is 29.9 Å². The second-order valence-corrected chi connectivity index (χ2v) is 5.97. The quantitative estimate of drug-likeness (QED) is 0.316. The zero-order valence-corrected chi connectivity index (χ0v) is 16.7. The van der Waals surface area contributed by atoms with Crippen molar-refractivity contribution < 1.29 is 9.53 Å². The topological polar surface area (TPSA) is 79.9 Å². The van der Waals surface area contributed by atoms with Gasteiger partial charge in [0.15, 0.2) is 5.96 Å². The maximum atomic E-state index is 11.0. The van der Waals surface area contributed by atoms with Gasteiger partial charge in [-0.1, -0.05) is 13.0 Å². The molecule has 1 aliphatic heterocycles. The lowest BCUT2D eigenvalue weighted by atomic mass is 10.00. The minimum absolute atomic E-state index is 0. The van der Waals surface area contributed by atoms with E-state index < -0.39 is 0 Å². The Morgan fingerprint density at radius 3 is 2.79 bits per heavy atom. The summed E-state index contributed by atoms with van der Waals surface area (Å²) < 4.78 is 5.65. The Balaban J connectivity index is 0.00000288. The molecule has 1 saturated heterocycles. The average molecular weight is 446 g/mol. The highest BCUT2D eigenvalue weighted by atomic mass is 127. The summed E-state index contributed by atoms with van der Waals surface area (Å²) in [7, 11) is 0. The van der Waals surface area contributed by atoms with Gasteiger partial charge in [0.1, 0.15) is 12.4 Å². The summed E-state index contributed by atoms with van der Waals surface area (Å²) in [6.45, 7) is 6.68. The number of amides is 1. The summed E-state index contributed by atoms with van der Waals surface area (Å²) in [5, 5.41) is 2.73. The Morgan fingerprint density at radius 2 is 2.12 bits per heavy atom. The van der Waals surface area contributed by atoms with Crippen LogP contribution < -0.4 is 15.8 Å². The fourth-order valence-electron chi connectivity index (χ4n) is 2.53. The predicted molar refractivity (Wildman–Crippen MR) is 108 cm³/mol. The number of hydrogen-bond donors (Lipinski definition) is 2. The number of benzene rings is 1. The van der Waals surface area contributed by atoms with Crippen molar-refractivity contribution in [2.75, 3.05) is 31.6 Å². The van der Waals surface area contributed by atoms with Crippen LogP contribution in [0, 0.1) is 5.92 Å². The molecule has 0 aliphatic carbocycles. The number of nitrogens with one attached hydrogen (secondary N) is 1. The summed E-state index contributed by atoms with van der Waals surface area (Å²) >= 11 is 0. The lowest BCUT2D eigenvalue weighted by molar-refractivity contribution is -0.114. The monoisotopic (exact) mass is 446 g/mol. The van der Waals surface area contributed by atoms with E-state index in [2.05, 4.69) is 22.1 Å². The number of carbonyl (C=O) groups excluding carboxylic acids is 1. The normalized spacial score (nSPS) is 15.6. The highest BCUT2D eigenvalue weighted by molar-refractivity contribution is 14.0. The molecule has 1 aliphatic rings. The molecular formula is C17H27IN4O2. The van der Waals surface area contributed by atoms with E-state index in [1.807, 2.05) is 18.2 Å². The number of halogens is 1. The number of anilines is 1. The summed E-state index contributed by atoms with van der Waals surface area (Å²) in [6.07, 6.45) is 2.34. The minimum Gasteiger partial charge on any atom is -0.492 e.